The van der Waals surface area contributed by atoms with Crippen LogP contribution >= 0.6 is 0 Å². The molecule has 1 unspecified atom stereocenters. The van der Waals surface area contributed by atoms with E-state index in [9.17, 15) is 9.90 Å². The maximum absolute atomic E-state index is 12.3. The monoisotopic (exact) mass is 326 g/mol. The molecule has 7 heteroatoms. The van der Waals surface area contributed by atoms with E-state index in [0.29, 0.717) is 17.3 Å². The van der Waals surface area contributed by atoms with Gasteiger partial charge < -0.3 is 18.4 Å². The van der Waals surface area contributed by atoms with Crippen molar-refractivity contribution in [1.82, 2.24) is 4.90 Å². The van der Waals surface area contributed by atoms with Crippen LogP contribution in [0, 0.1) is 0 Å². The van der Waals surface area contributed by atoms with Gasteiger partial charge in [-0.25, -0.2) is 0 Å². The van der Waals surface area contributed by atoms with Gasteiger partial charge in [0.1, 0.15) is 23.3 Å². The summed E-state index contributed by atoms with van der Waals surface area (Å²) in [5.74, 6) is 1.09. The van der Waals surface area contributed by atoms with Crippen molar-refractivity contribution in [3.8, 4) is 0 Å². The first kappa shape index (κ1) is 14.5. The standard InChI is InChI=1S/C17H14N2O5/c20-15-14(12-5-2-8-23-12)19(17(15)21)16(13-6-3-9-24-13)18-10-11-4-1-7-22-11/h1-10,14-16,20H/b18-10+/t14-,15+,16?/m0/s1. The number of nitrogens with zero attached hydrogens (tertiary/aromatic N) is 2. The minimum atomic E-state index is -1.16. The van der Waals surface area contributed by atoms with Crippen LogP contribution in [-0.4, -0.2) is 28.2 Å². The third kappa shape index (κ3) is 2.35. The summed E-state index contributed by atoms with van der Waals surface area (Å²) in [4.78, 5) is 18.1. The van der Waals surface area contributed by atoms with Gasteiger partial charge in [-0.05, 0) is 36.4 Å². The molecule has 0 bridgehead atoms. The van der Waals surface area contributed by atoms with Gasteiger partial charge in [-0.15, -0.1) is 0 Å². The molecule has 24 heavy (non-hydrogen) atoms. The minimum Gasteiger partial charge on any atom is -0.467 e. The lowest BCUT2D eigenvalue weighted by atomic mass is 9.94. The Kier molecular flexibility index (Phi) is 3.55. The first-order valence-electron chi connectivity index (χ1n) is 7.39. The molecule has 1 saturated heterocycles. The molecule has 0 aromatic carbocycles. The number of aliphatic hydroxyl groups excluding tert-OH is 1. The molecule has 3 aromatic heterocycles. The van der Waals surface area contributed by atoms with E-state index >= 15 is 0 Å². The molecular formula is C17H14N2O5. The third-order valence-electron chi connectivity index (χ3n) is 3.89. The van der Waals surface area contributed by atoms with E-state index in [-0.39, 0.29) is 0 Å². The van der Waals surface area contributed by atoms with Crippen molar-refractivity contribution in [3.63, 3.8) is 0 Å². The summed E-state index contributed by atoms with van der Waals surface area (Å²) < 4.78 is 16.0. The average Bonchev–Trinajstić information content (AvgIpc) is 3.35. The molecule has 7 nitrogen and oxygen atoms in total. The second-order valence-corrected chi connectivity index (χ2v) is 5.33. The predicted octanol–water partition coefficient (Wildman–Crippen LogP) is 2.53. The predicted molar refractivity (Wildman–Crippen MR) is 82.1 cm³/mol. The van der Waals surface area contributed by atoms with Crippen molar-refractivity contribution in [2.45, 2.75) is 18.3 Å². The molecule has 1 fully saturated rings. The van der Waals surface area contributed by atoms with E-state index in [1.807, 2.05) is 0 Å². The van der Waals surface area contributed by atoms with Crippen LogP contribution in [0.15, 0.2) is 73.4 Å². The molecule has 4 heterocycles. The number of hydrogen-bond acceptors (Lipinski definition) is 6. The number of carbonyl (C=O) groups excluding carboxylic acids is 1. The Balaban J connectivity index is 1.69. The number of hydrogen-bond donors (Lipinski definition) is 1. The molecule has 1 aliphatic heterocycles. The zero-order valence-corrected chi connectivity index (χ0v) is 12.5. The van der Waals surface area contributed by atoms with Gasteiger partial charge in [0.2, 0.25) is 0 Å². The Hall–Kier alpha value is -3.06. The smallest absolute Gasteiger partial charge is 0.256 e. The van der Waals surface area contributed by atoms with E-state index in [1.165, 1.54) is 29.9 Å². The van der Waals surface area contributed by atoms with Crippen molar-refractivity contribution in [2.24, 2.45) is 4.99 Å². The van der Waals surface area contributed by atoms with E-state index in [2.05, 4.69) is 4.99 Å². The Morgan fingerprint density at radius 3 is 2.50 bits per heavy atom. The van der Waals surface area contributed by atoms with Gasteiger partial charge in [-0.2, -0.15) is 0 Å². The molecular weight excluding hydrogens is 312 g/mol. The molecule has 0 saturated carbocycles. The van der Waals surface area contributed by atoms with Crippen LogP contribution in [0.25, 0.3) is 0 Å². The maximum Gasteiger partial charge on any atom is 0.256 e. The van der Waals surface area contributed by atoms with Gasteiger partial charge >= 0.3 is 0 Å². The Bertz CT molecular complexity index is 821. The van der Waals surface area contributed by atoms with Crippen LogP contribution in [0.4, 0.5) is 0 Å². The van der Waals surface area contributed by atoms with Gasteiger partial charge in [0.05, 0.1) is 25.0 Å². The number of aliphatic hydroxyl groups is 1. The number of amides is 1. The molecule has 0 radical (unpaired) electrons. The van der Waals surface area contributed by atoms with Crippen LogP contribution in [0.2, 0.25) is 0 Å². The van der Waals surface area contributed by atoms with Crippen molar-refractivity contribution < 1.29 is 23.2 Å². The van der Waals surface area contributed by atoms with E-state index < -0.39 is 24.2 Å². The van der Waals surface area contributed by atoms with Crippen LogP contribution in [0.1, 0.15) is 29.5 Å². The van der Waals surface area contributed by atoms with Gasteiger partial charge in [0.25, 0.3) is 5.91 Å². The average molecular weight is 326 g/mol. The van der Waals surface area contributed by atoms with Crippen LogP contribution in [0.3, 0.4) is 0 Å². The van der Waals surface area contributed by atoms with Crippen LogP contribution in [0.5, 0.6) is 0 Å². The van der Waals surface area contributed by atoms with Crippen molar-refractivity contribution in [2.75, 3.05) is 0 Å². The first-order chi connectivity index (χ1) is 11.8. The van der Waals surface area contributed by atoms with Crippen LogP contribution in [-0.2, 0) is 4.79 Å². The second kappa shape index (κ2) is 5.86. The molecule has 1 amide bonds. The topological polar surface area (TPSA) is 92.3 Å². The molecule has 4 rings (SSSR count). The Labute approximate surface area is 136 Å². The second-order valence-electron chi connectivity index (χ2n) is 5.33. The molecule has 0 aliphatic carbocycles. The molecule has 3 aromatic rings. The zero-order chi connectivity index (χ0) is 16.5. The van der Waals surface area contributed by atoms with E-state index in [4.69, 9.17) is 13.3 Å². The third-order valence-corrected chi connectivity index (χ3v) is 3.89. The quantitative estimate of drug-likeness (QED) is 0.574. The fourth-order valence-corrected chi connectivity index (χ4v) is 2.75. The summed E-state index contributed by atoms with van der Waals surface area (Å²) >= 11 is 0. The molecule has 1 aliphatic rings. The highest BCUT2D eigenvalue weighted by Crippen LogP contribution is 2.42. The van der Waals surface area contributed by atoms with Crippen molar-refractivity contribution >= 4 is 12.1 Å². The van der Waals surface area contributed by atoms with E-state index in [0.717, 1.165) is 0 Å². The lowest BCUT2D eigenvalue weighted by Crippen LogP contribution is -2.59. The summed E-state index contributed by atoms with van der Waals surface area (Å²) in [5.41, 5.74) is 0. The summed E-state index contributed by atoms with van der Waals surface area (Å²) in [6, 6.07) is 9.73. The summed E-state index contributed by atoms with van der Waals surface area (Å²) in [6.45, 7) is 0. The minimum absolute atomic E-state index is 0.436. The lowest BCUT2D eigenvalue weighted by Gasteiger charge is -2.45. The van der Waals surface area contributed by atoms with E-state index in [1.54, 1.807) is 36.4 Å². The number of likely N-dealkylation sites (tertiary alicyclic amines) is 1. The van der Waals surface area contributed by atoms with Crippen LogP contribution < -0.4 is 0 Å². The normalized spacial score (nSPS) is 22.0. The highest BCUT2D eigenvalue weighted by molar-refractivity contribution is 5.89. The molecule has 0 spiro atoms. The number of β-lactam (4-membered cyclic amide) rings is 1. The molecule has 1 N–H and O–H groups in total. The number of furan rings is 3. The number of carbonyl (C=O) groups is 1. The molecule has 122 valence electrons. The maximum atomic E-state index is 12.3. The van der Waals surface area contributed by atoms with Crippen molar-refractivity contribution in [3.05, 3.63) is 72.5 Å². The summed E-state index contributed by atoms with van der Waals surface area (Å²) in [7, 11) is 0. The van der Waals surface area contributed by atoms with Crippen molar-refractivity contribution in [1.29, 1.82) is 0 Å². The largest absolute Gasteiger partial charge is 0.467 e. The number of rotatable bonds is 5. The zero-order valence-electron chi connectivity index (χ0n) is 12.5. The highest BCUT2D eigenvalue weighted by Gasteiger charge is 2.52. The van der Waals surface area contributed by atoms with Gasteiger partial charge in [0, 0.05) is 0 Å². The summed E-state index contributed by atoms with van der Waals surface area (Å²) in [5, 5.41) is 10.1. The Morgan fingerprint density at radius 1 is 1.08 bits per heavy atom. The van der Waals surface area contributed by atoms with Gasteiger partial charge in [-0.1, -0.05) is 0 Å². The number of aliphatic imine (C=N–C) groups is 1. The fraction of sp³-hybridized carbons (Fsp3) is 0.176. The Morgan fingerprint density at radius 2 is 1.83 bits per heavy atom. The SMILES string of the molecule is O=C1[C@H](O)[C@H](c2ccco2)N1C(/N=C/c1ccco1)c1ccco1. The lowest BCUT2D eigenvalue weighted by molar-refractivity contribution is -0.175. The highest BCUT2D eigenvalue weighted by atomic mass is 16.3. The first-order valence-corrected chi connectivity index (χ1v) is 7.39. The van der Waals surface area contributed by atoms with Gasteiger partial charge in [-0.3, -0.25) is 14.7 Å². The molecule has 3 atom stereocenters. The fourth-order valence-electron chi connectivity index (χ4n) is 2.75. The summed E-state index contributed by atoms with van der Waals surface area (Å²) in [6.07, 6.45) is 4.17. The van der Waals surface area contributed by atoms with Gasteiger partial charge in [0.15, 0.2) is 12.3 Å².